The van der Waals surface area contributed by atoms with Crippen LogP contribution in [0.5, 0.6) is 0 Å². The molecule has 1 fully saturated rings. The van der Waals surface area contributed by atoms with Gasteiger partial charge in [0.25, 0.3) is 0 Å². The van der Waals surface area contributed by atoms with Crippen LogP contribution in [-0.4, -0.2) is 33.9 Å². The number of piperidine rings is 1. The van der Waals surface area contributed by atoms with Crippen LogP contribution in [0.25, 0.3) is 5.76 Å². The van der Waals surface area contributed by atoms with E-state index in [9.17, 15) is 4.79 Å². The van der Waals surface area contributed by atoms with Gasteiger partial charge in [0.05, 0.1) is 18.1 Å². The Hall–Kier alpha value is -2.81. The van der Waals surface area contributed by atoms with Crippen LogP contribution in [0.2, 0.25) is 0 Å². The van der Waals surface area contributed by atoms with Crippen molar-refractivity contribution in [3.05, 3.63) is 53.5 Å². The minimum absolute atomic E-state index is 0.204. The van der Waals surface area contributed by atoms with Crippen LogP contribution in [0.1, 0.15) is 48.9 Å². The Balaban J connectivity index is 1.45. The van der Waals surface area contributed by atoms with E-state index in [2.05, 4.69) is 26.3 Å². The number of likely N-dealkylation sites (tertiary alicyclic amines) is 1. The maximum Gasteiger partial charge on any atom is 0.231 e. The zero-order chi connectivity index (χ0) is 21.1. The Morgan fingerprint density at radius 2 is 2.03 bits per heavy atom. The van der Waals surface area contributed by atoms with Gasteiger partial charge in [0.1, 0.15) is 0 Å². The van der Waals surface area contributed by atoms with Gasteiger partial charge < -0.3 is 15.5 Å². The summed E-state index contributed by atoms with van der Waals surface area (Å²) in [5.74, 6) is 1.84. The summed E-state index contributed by atoms with van der Waals surface area (Å²) in [6.07, 6.45) is 5.77. The van der Waals surface area contributed by atoms with Gasteiger partial charge in [-0.2, -0.15) is 0 Å². The van der Waals surface area contributed by atoms with Gasteiger partial charge in [-0.15, -0.1) is 0 Å². The number of carbonyl (C=O) groups is 1. The maximum atomic E-state index is 11.9. The predicted octanol–water partition coefficient (Wildman–Crippen LogP) is 3.32. The van der Waals surface area contributed by atoms with E-state index in [1.54, 1.807) is 12.4 Å². The first-order valence-corrected chi connectivity index (χ1v) is 11.2. The number of nitrogens with zero attached hydrogens (tertiary/aromatic N) is 4. The summed E-state index contributed by atoms with van der Waals surface area (Å²) in [7, 11) is 0. The number of nitrogen functional groups attached to an aromatic ring is 1. The van der Waals surface area contributed by atoms with Crippen molar-refractivity contribution >= 4 is 39.2 Å². The molecule has 30 heavy (non-hydrogen) atoms. The lowest BCUT2D eigenvalue weighted by atomic mass is 9.93. The molecule has 0 saturated carbocycles. The second-order valence-electron chi connectivity index (χ2n) is 7.37. The molecule has 3 N–H and O–H groups in total. The minimum Gasteiger partial charge on any atom is -0.380 e. The van der Waals surface area contributed by atoms with E-state index >= 15 is 0 Å². The van der Waals surface area contributed by atoms with Crippen LogP contribution < -0.4 is 16.3 Å². The molecule has 2 aliphatic rings. The quantitative estimate of drug-likeness (QED) is 0.644. The topological polar surface area (TPSA) is 96.6 Å². The molecule has 3 heterocycles. The second-order valence-corrected chi connectivity index (χ2v) is 7.93. The normalized spacial score (nSPS) is 16.8. The van der Waals surface area contributed by atoms with Crippen LogP contribution in [0.4, 0.5) is 11.6 Å². The van der Waals surface area contributed by atoms with Crippen molar-refractivity contribution in [3.63, 3.8) is 0 Å². The highest BCUT2D eigenvalue weighted by molar-refractivity contribution is 9.08. The number of alkyl halides is 1. The Bertz CT molecular complexity index is 941. The van der Waals surface area contributed by atoms with Crippen molar-refractivity contribution in [3.8, 4) is 0 Å². The summed E-state index contributed by atoms with van der Waals surface area (Å²) in [6.45, 7) is 3.38. The zero-order valence-electron chi connectivity index (χ0n) is 16.8. The molecule has 0 spiro atoms. The number of aromatic nitrogens is 2. The molecule has 2 aromatic rings. The van der Waals surface area contributed by atoms with Gasteiger partial charge in [0, 0.05) is 36.3 Å². The van der Waals surface area contributed by atoms with Crippen molar-refractivity contribution in [2.24, 2.45) is 0 Å². The molecular formula is C21H25BrN6O2. The molecule has 0 radical (unpaired) electrons. The van der Waals surface area contributed by atoms with E-state index in [1.165, 1.54) is 10.7 Å². The first-order valence-electron chi connectivity index (χ1n) is 10.1. The fraction of sp³-hybridized carbons (Fsp3) is 0.381. The molecule has 158 valence electrons. The van der Waals surface area contributed by atoms with Gasteiger partial charge in [-0.25, -0.2) is 9.97 Å². The fourth-order valence-electron chi connectivity index (χ4n) is 3.66. The molecule has 0 atom stereocenters. The lowest BCUT2D eigenvalue weighted by Gasteiger charge is -2.31. The molecule has 0 unspecified atom stereocenters. The molecule has 9 heteroatoms. The van der Waals surface area contributed by atoms with Gasteiger partial charge in [0.15, 0.2) is 11.6 Å². The summed E-state index contributed by atoms with van der Waals surface area (Å²) in [6, 6.07) is 8.09. The van der Waals surface area contributed by atoms with Gasteiger partial charge >= 0.3 is 0 Å². The van der Waals surface area contributed by atoms with Crippen molar-refractivity contribution in [1.29, 1.82) is 0 Å². The minimum atomic E-state index is 0.204. The predicted molar refractivity (Wildman–Crippen MR) is 119 cm³/mol. The van der Waals surface area contributed by atoms with E-state index < -0.39 is 0 Å². The van der Waals surface area contributed by atoms with Gasteiger partial charge in [0.2, 0.25) is 11.7 Å². The average molecular weight is 473 g/mol. The summed E-state index contributed by atoms with van der Waals surface area (Å²) < 4.78 is 0. The van der Waals surface area contributed by atoms with Crippen molar-refractivity contribution in [2.45, 2.75) is 37.4 Å². The smallest absolute Gasteiger partial charge is 0.231 e. The molecule has 4 rings (SSSR count). The number of benzene rings is 1. The number of amides is 1. The highest BCUT2D eigenvalue weighted by atomic mass is 79.9. The molecular weight excluding hydrogens is 448 g/mol. The van der Waals surface area contributed by atoms with E-state index in [1.807, 2.05) is 36.1 Å². The third-order valence-electron chi connectivity index (χ3n) is 5.46. The number of hydrazine groups is 1. The van der Waals surface area contributed by atoms with E-state index in [0.29, 0.717) is 18.0 Å². The summed E-state index contributed by atoms with van der Waals surface area (Å²) in [5, 5.41) is 2.25. The number of anilines is 2. The second kappa shape index (κ2) is 8.91. The maximum absolute atomic E-state index is 11.9. The van der Waals surface area contributed by atoms with Gasteiger partial charge in [-0.05, 0) is 18.4 Å². The van der Waals surface area contributed by atoms with Crippen LogP contribution in [0.15, 0.2) is 36.7 Å². The van der Waals surface area contributed by atoms with Crippen molar-refractivity contribution in [1.82, 2.24) is 20.3 Å². The molecule has 1 aromatic carbocycles. The van der Waals surface area contributed by atoms with Crippen LogP contribution >= 0.6 is 15.9 Å². The number of hydrogen-bond acceptors (Lipinski definition) is 7. The van der Waals surface area contributed by atoms with Crippen molar-refractivity contribution < 1.29 is 9.63 Å². The number of carbonyl (C=O) groups excluding carboxylic acids is 1. The number of nitrogens with two attached hydrogens (primary N) is 1. The van der Waals surface area contributed by atoms with Crippen LogP contribution in [0, 0.1) is 0 Å². The summed E-state index contributed by atoms with van der Waals surface area (Å²) in [5.41, 5.74) is 12.1. The number of hydrogen-bond donors (Lipinski definition) is 2. The molecule has 0 bridgehead atoms. The van der Waals surface area contributed by atoms with E-state index in [-0.39, 0.29) is 17.6 Å². The highest BCUT2D eigenvalue weighted by Crippen LogP contribution is 2.31. The van der Waals surface area contributed by atoms with E-state index in [0.717, 1.165) is 42.5 Å². The van der Waals surface area contributed by atoms with Gasteiger partial charge in [-0.3, -0.25) is 10.2 Å². The molecule has 0 aliphatic carbocycles. The standard InChI is InChI=1S/C21H25BrN6O2/c1-2-19(29)27-9-7-15(8-10-27)17-12-24-20(23)21(26-17)28-25-13-18(30-28)16-5-3-14(11-22)4-6-16/h3-6,12-13,15,25H,2,7-11H2,1H3,(H2,23,24). The highest BCUT2D eigenvalue weighted by Gasteiger charge is 2.27. The molecule has 1 saturated heterocycles. The zero-order valence-corrected chi connectivity index (χ0v) is 18.4. The Morgan fingerprint density at radius 1 is 1.30 bits per heavy atom. The SMILES string of the molecule is CCC(=O)N1CCC(c2cnc(N)c(N3NC=C(c4ccc(CBr)cc4)O3)n2)CC1. The Labute approximate surface area is 184 Å². The van der Waals surface area contributed by atoms with E-state index in [4.69, 9.17) is 15.6 Å². The number of nitrogens with one attached hydrogen (secondary N) is 1. The van der Waals surface area contributed by atoms with Crippen molar-refractivity contribution in [2.75, 3.05) is 24.0 Å². The average Bonchev–Trinajstić information content (AvgIpc) is 3.29. The lowest BCUT2D eigenvalue weighted by molar-refractivity contribution is -0.131. The molecule has 8 nitrogen and oxygen atoms in total. The molecule has 2 aliphatic heterocycles. The number of halogens is 1. The third kappa shape index (κ3) is 4.21. The fourth-order valence-corrected chi connectivity index (χ4v) is 4.04. The third-order valence-corrected chi connectivity index (χ3v) is 6.10. The van der Waals surface area contributed by atoms with Gasteiger partial charge in [-0.1, -0.05) is 52.3 Å². The van der Waals surface area contributed by atoms with Crippen LogP contribution in [0.3, 0.4) is 0 Å². The Kier molecular flexibility index (Phi) is 6.08. The molecule has 1 aromatic heterocycles. The Morgan fingerprint density at radius 3 is 2.70 bits per heavy atom. The largest absolute Gasteiger partial charge is 0.380 e. The van der Waals surface area contributed by atoms with Crippen LogP contribution in [-0.2, 0) is 15.0 Å². The molecule has 1 amide bonds. The first-order chi connectivity index (χ1) is 14.6. The lowest BCUT2D eigenvalue weighted by Crippen LogP contribution is -2.37. The number of rotatable bonds is 5. The monoisotopic (exact) mass is 472 g/mol. The summed E-state index contributed by atoms with van der Waals surface area (Å²) >= 11 is 3.45. The first kappa shape index (κ1) is 20.5. The summed E-state index contributed by atoms with van der Waals surface area (Å²) in [4.78, 5) is 28.8.